The number of aryl methyl sites for hydroxylation is 2. The van der Waals surface area contributed by atoms with Crippen LogP contribution in [-0.4, -0.2) is 62.8 Å². The largest absolute Gasteiger partial charge is 0.469 e. The molecule has 11 heteroatoms. The standard InChI is InChI=1S/C36H40N4O7/c1-9-20-15(2)22-14-27-29(19(6)41)17(4)24(38-27)12-23-16(3)21(10-11-28(42)46-7)32(39-23)31-33-30(34(43)36(31,45)35(44)47-8)18(5)25(40-33)13-26(20)37-22/h12-16,20-21,38,40,45H,9-11H2,1-8H3/t15-,16+,20-,21+,36-/m1/s1. The van der Waals surface area contributed by atoms with Crippen molar-refractivity contribution in [3.05, 3.63) is 68.8 Å². The van der Waals surface area contributed by atoms with Crippen LogP contribution in [0.25, 0.3) is 22.1 Å². The van der Waals surface area contributed by atoms with Gasteiger partial charge >= 0.3 is 11.9 Å². The van der Waals surface area contributed by atoms with Crippen LogP contribution in [0.5, 0.6) is 0 Å². The Balaban J connectivity index is 1.82. The van der Waals surface area contributed by atoms with E-state index in [9.17, 15) is 24.3 Å². The summed E-state index contributed by atoms with van der Waals surface area (Å²) in [5.74, 6) is -3.09. The molecule has 246 valence electrons. The second-order valence-electron chi connectivity index (χ2n) is 13.0. The molecule has 0 saturated carbocycles. The maximum absolute atomic E-state index is 14.1. The molecular formula is C36H40N4O7. The lowest BCUT2D eigenvalue weighted by molar-refractivity contribution is -0.157. The highest BCUT2D eigenvalue weighted by atomic mass is 16.5. The van der Waals surface area contributed by atoms with Crippen LogP contribution in [0.2, 0.25) is 0 Å². The van der Waals surface area contributed by atoms with E-state index in [1.165, 1.54) is 14.0 Å². The van der Waals surface area contributed by atoms with Gasteiger partial charge in [0.05, 0.1) is 36.5 Å². The predicted octanol–water partition coefficient (Wildman–Crippen LogP) is 5.83. The minimum atomic E-state index is -2.65. The van der Waals surface area contributed by atoms with Gasteiger partial charge in [0.2, 0.25) is 5.78 Å². The molecule has 0 aromatic carbocycles. The van der Waals surface area contributed by atoms with Crippen molar-refractivity contribution < 1.29 is 33.8 Å². The number of ether oxygens (including phenoxy) is 2. The lowest BCUT2D eigenvalue weighted by Gasteiger charge is -2.23. The number of carbonyl (C=O) groups excluding carboxylic acids is 4. The summed E-state index contributed by atoms with van der Waals surface area (Å²) in [5, 5.41) is 12.1. The van der Waals surface area contributed by atoms with Gasteiger partial charge in [-0.3, -0.25) is 24.4 Å². The third-order valence-electron chi connectivity index (χ3n) is 10.4. The Morgan fingerprint density at radius 2 is 1.51 bits per heavy atom. The number of carbonyl (C=O) groups is 4. The number of aromatic nitrogens is 4. The van der Waals surface area contributed by atoms with E-state index in [4.69, 9.17) is 19.4 Å². The molecule has 5 atom stereocenters. The normalized spacial score (nSPS) is 23.2. The van der Waals surface area contributed by atoms with Crippen molar-refractivity contribution in [1.29, 1.82) is 0 Å². The molecular weight excluding hydrogens is 600 g/mol. The Morgan fingerprint density at radius 1 is 0.894 bits per heavy atom. The molecule has 6 rings (SSSR count). The molecule has 3 N–H and O–H groups in total. The maximum Gasteiger partial charge on any atom is 0.351 e. The maximum atomic E-state index is 14.1. The first-order valence-corrected chi connectivity index (χ1v) is 16.0. The van der Waals surface area contributed by atoms with E-state index in [0.717, 1.165) is 30.5 Å². The smallest absolute Gasteiger partial charge is 0.351 e. The molecule has 47 heavy (non-hydrogen) atoms. The van der Waals surface area contributed by atoms with Gasteiger partial charge in [0.25, 0.3) is 5.60 Å². The van der Waals surface area contributed by atoms with Crippen LogP contribution in [-0.2, 0) is 24.7 Å². The summed E-state index contributed by atoms with van der Waals surface area (Å²) in [6.45, 7) is 11.3. The van der Waals surface area contributed by atoms with E-state index in [1.54, 1.807) is 6.92 Å². The van der Waals surface area contributed by atoms with E-state index in [2.05, 4.69) is 23.8 Å². The average Bonchev–Trinajstić information content (AvgIpc) is 3.76. The Labute approximate surface area is 272 Å². The van der Waals surface area contributed by atoms with E-state index in [-0.39, 0.29) is 47.5 Å². The first kappa shape index (κ1) is 32.3. The van der Waals surface area contributed by atoms with Crippen LogP contribution in [0.1, 0.15) is 131 Å². The number of esters is 2. The topological polar surface area (TPSA) is 164 Å². The molecule has 0 saturated heterocycles. The van der Waals surface area contributed by atoms with E-state index in [0.29, 0.717) is 44.6 Å². The molecule has 0 fully saturated rings. The summed E-state index contributed by atoms with van der Waals surface area (Å²) >= 11 is 0. The van der Waals surface area contributed by atoms with Crippen LogP contribution in [0.15, 0.2) is 18.2 Å². The molecule has 0 amide bonds. The lowest BCUT2D eigenvalue weighted by atomic mass is 9.82. The Hall–Kier alpha value is -4.64. The summed E-state index contributed by atoms with van der Waals surface area (Å²) in [4.78, 5) is 69.6. The quantitative estimate of drug-likeness (QED) is 0.171. The predicted molar refractivity (Wildman–Crippen MR) is 175 cm³/mol. The first-order chi connectivity index (χ1) is 22.3. The monoisotopic (exact) mass is 640 g/mol. The SMILES string of the molecule is CC[C@H]1c2cc3[nH]c4c(c3C)C(=O)[C@@](O)(C(=O)OC)c4c3nc(cc4[nH]c(cc(n2)[C@@H]1C)c(C(C)=O)c4C)[C@@H](C)[C@@H]3CCC(=O)OC. The Bertz CT molecular complexity index is 2040. The number of rotatable bonds is 6. The highest BCUT2D eigenvalue weighted by molar-refractivity contribution is 6.25. The summed E-state index contributed by atoms with van der Waals surface area (Å²) < 4.78 is 9.94. The molecule has 3 aliphatic rings. The molecule has 11 nitrogen and oxygen atoms in total. The third kappa shape index (κ3) is 4.73. The van der Waals surface area contributed by atoms with Crippen LogP contribution in [0.3, 0.4) is 0 Å². The summed E-state index contributed by atoms with van der Waals surface area (Å²) in [6, 6.07) is 5.73. The average molecular weight is 641 g/mol. The number of aliphatic hydroxyl groups is 1. The first-order valence-electron chi connectivity index (χ1n) is 16.0. The van der Waals surface area contributed by atoms with Crippen LogP contribution in [0.4, 0.5) is 0 Å². The number of ketones is 2. The van der Waals surface area contributed by atoms with Gasteiger partial charge < -0.3 is 24.5 Å². The number of Topliss-reactive ketones (excluding diaryl/α,β-unsaturated/α-hetero) is 2. The van der Waals surface area contributed by atoms with Crippen molar-refractivity contribution in [3.8, 4) is 0 Å². The van der Waals surface area contributed by atoms with Gasteiger partial charge in [-0.25, -0.2) is 4.79 Å². The van der Waals surface area contributed by atoms with Crippen molar-refractivity contribution in [2.75, 3.05) is 14.2 Å². The Kier molecular flexibility index (Phi) is 7.94. The van der Waals surface area contributed by atoms with Crippen molar-refractivity contribution >= 4 is 45.6 Å². The van der Waals surface area contributed by atoms with Crippen LogP contribution in [0, 0.1) is 13.8 Å². The fourth-order valence-electron chi connectivity index (χ4n) is 7.74. The third-order valence-corrected chi connectivity index (χ3v) is 10.4. The van der Waals surface area contributed by atoms with Crippen LogP contribution < -0.4 is 0 Å². The number of nitrogens with zero attached hydrogens (tertiary/aromatic N) is 2. The molecule has 0 spiro atoms. The second kappa shape index (κ2) is 11.6. The molecule has 0 radical (unpaired) electrons. The van der Waals surface area contributed by atoms with Crippen molar-refractivity contribution in [2.45, 2.75) is 90.1 Å². The zero-order valence-corrected chi connectivity index (χ0v) is 28.0. The highest BCUT2D eigenvalue weighted by Crippen LogP contribution is 2.49. The summed E-state index contributed by atoms with van der Waals surface area (Å²) in [5.41, 5.74) is 4.23. The Morgan fingerprint density at radius 3 is 2.15 bits per heavy atom. The highest BCUT2D eigenvalue weighted by Gasteiger charge is 2.57. The van der Waals surface area contributed by atoms with Gasteiger partial charge in [-0.2, -0.15) is 0 Å². The number of hydrogen-bond acceptors (Lipinski definition) is 9. The molecule has 5 heterocycles. The number of aromatic amines is 2. The van der Waals surface area contributed by atoms with Gasteiger partial charge in [-0.15, -0.1) is 0 Å². The minimum absolute atomic E-state index is 0.0204. The van der Waals surface area contributed by atoms with Crippen molar-refractivity contribution in [3.63, 3.8) is 0 Å². The molecule has 0 unspecified atom stereocenters. The number of nitrogens with one attached hydrogen (secondary N) is 2. The lowest BCUT2D eigenvalue weighted by Crippen LogP contribution is -2.42. The van der Waals surface area contributed by atoms with Gasteiger partial charge in [0.1, 0.15) is 0 Å². The minimum Gasteiger partial charge on any atom is -0.469 e. The van der Waals surface area contributed by atoms with Gasteiger partial charge in [-0.05, 0) is 62.9 Å². The molecule has 3 aromatic heterocycles. The van der Waals surface area contributed by atoms with Gasteiger partial charge in [-0.1, -0.05) is 20.8 Å². The number of methoxy groups -OCH3 is 2. The van der Waals surface area contributed by atoms with Gasteiger partial charge in [0, 0.05) is 69.3 Å². The summed E-state index contributed by atoms with van der Waals surface area (Å²) in [6.07, 6.45) is 1.14. The van der Waals surface area contributed by atoms with E-state index >= 15 is 0 Å². The van der Waals surface area contributed by atoms with Crippen molar-refractivity contribution in [1.82, 2.24) is 19.9 Å². The van der Waals surface area contributed by atoms with E-state index in [1.807, 2.05) is 32.0 Å². The zero-order chi connectivity index (χ0) is 34.1. The molecule has 8 bridgehead atoms. The fraction of sp³-hybridized carbons (Fsp3) is 0.444. The molecule has 3 aromatic rings. The van der Waals surface area contributed by atoms with E-state index < -0.39 is 29.2 Å². The fourth-order valence-corrected chi connectivity index (χ4v) is 7.74. The number of H-pyrrole nitrogens is 2. The summed E-state index contributed by atoms with van der Waals surface area (Å²) in [7, 11) is 2.43. The molecule has 2 aliphatic heterocycles. The molecule has 1 aliphatic carbocycles. The van der Waals surface area contributed by atoms with Crippen molar-refractivity contribution in [2.24, 2.45) is 0 Å². The van der Waals surface area contributed by atoms with Gasteiger partial charge in [0.15, 0.2) is 5.78 Å². The van der Waals surface area contributed by atoms with Crippen LogP contribution >= 0.6 is 0 Å². The zero-order valence-electron chi connectivity index (χ0n) is 28.0. The number of fused-ring (bicyclic) bond motifs is 8. The second-order valence-corrected chi connectivity index (χ2v) is 13.0. The number of hydrogen-bond donors (Lipinski definition) is 3.